The molecule has 4 heterocycles. The molecule has 0 amide bonds. The molecule has 0 radical (unpaired) electrons. The molecular weight excluding hydrogens is 846 g/mol. The van der Waals surface area contributed by atoms with Crippen LogP contribution in [0.5, 0.6) is 0 Å². The molecule has 4 atom stereocenters. The van der Waals surface area contributed by atoms with Gasteiger partial charge in [-0.05, 0) is 158 Å². The SMILES string of the molecule is CC(C)(C)c1cccc(N2c3cc(C(C)(C)C)ccc3B3c4cc(C(C)(C)C)cc5c4N(c4cc(N6c7ccc(C(C)(C)C)cc7C7(C)CCc8ccccc8C67C)cc2c43)C2(C)CCCCC52C)c1. The van der Waals surface area contributed by atoms with Gasteiger partial charge in [0.1, 0.15) is 0 Å². The maximum absolute atomic E-state index is 2.95. The Hall–Kier alpha value is -5.22. The third-order valence-electron chi connectivity index (χ3n) is 19.6. The second-order valence-corrected chi connectivity index (χ2v) is 27.7. The quantitative estimate of drug-likeness (QED) is 0.160. The number of hydrogen-bond acceptors (Lipinski definition) is 3. The van der Waals surface area contributed by atoms with Crippen molar-refractivity contribution in [2.75, 3.05) is 14.7 Å². The van der Waals surface area contributed by atoms with E-state index in [2.05, 4.69) is 235 Å². The fraction of sp³-hybridized carbons (Fsp3) is 0.455. The predicted octanol–water partition coefficient (Wildman–Crippen LogP) is 15.5. The van der Waals surface area contributed by atoms with Crippen LogP contribution in [-0.4, -0.2) is 12.3 Å². The number of rotatable bonds is 2. The standard InChI is InChI=1S/C66H78BN3/c1-59(2,3)42-23-21-24-46(34-42)68-54-38-44(61(7,8)9)26-28-51(54)67-52-37-45(62(10,11)12)36-50-58(52)70(65(15)32-20-19-31-63(50,65)13)56-40-47(39-55(68)57(56)67)69-53-29-27-43(60(4,5)6)35-49(53)64(14)33-30-41-22-17-18-25-48(41)66(64,69)16/h17-18,21-29,34-40H,19-20,30-33H2,1-16H3. The molecule has 0 N–H and O–H groups in total. The topological polar surface area (TPSA) is 9.72 Å². The van der Waals surface area contributed by atoms with Crippen LogP contribution in [0.4, 0.5) is 39.8 Å². The molecule has 0 spiro atoms. The molecule has 4 heteroatoms. The molecule has 2 aliphatic carbocycles. The highest BCUT2D eigenvalue weighted by molar-refractivity contribution is 7.00. The number of aryl methyl sites for hydroxylation is 1. The molecule has 0 saturated heterocycles. The first kappa shape index (κ1) is 45.9. The summed E-state index contributed by atoms with van der Waals surface area (Å²) in [5.41, 5.74) is 24.7. The molecule has 6 aromatic carbocycles. The van der Waals surface area contributed by atoms with Gasteiger partial charge < -0.3 is 14.7 Å². The van der Waals surface area contributed by atoms with Gasteiger partial charge in [-0.2, -0.15) is 0 Å². The number of nitrogens with zero attached hydrogens (tertiary/aromatic N) is 3. The molecule has 0 bridgehead atoms. The Labute approximate surface area is 422 Å². The Bertz CT molecular complexity index is 3200. The van der Waals surface area contributed by atoms with E-state index < -0.39 is 0 Å². The third-order valence-corrected chi connectivity index (χ3v) is 19.6. The molecule has 1 saturated carbocycles. The fourth-order valence-electron chi connectivity index (χ4n) is 14.9. The van der Waals surface area contributed by atoms with Gasteiger partial charge in [-0.1, -0.05) is 183 Å². The first-order valence-corrected chi connectivity index (χ1v) is 27.0. The summed E-state index contributed by atoms with van der Waals surface area (Å²) in [6, 6.07) is 44.8. The van der Waals surface area contributed by atoms with Crippen LogP contribution in [0.3, 0.4) is 0 Å². The van der Waals surface area contributed by atoms with E-state index in [0.717, 1.165) is 12.8 Å². The molecule has 6 aliphatic rings. The van der Waals surface area contributed by atoms with E-state index >= 15 is 0 Å². The zero-order chi connectivity index (χ0) is 49.7. The van der Waals surface area contributed by atoms with Crippen molar-refractivity contribution in [2.45, 2.75) is 193 Å². The van der Waals surface area contributed by atoms with Crippen molar-refractivity contribution in [3.63, 3.8) is 0 Å². The van der Waals surface area contributed by atoms with E-state index in [1.165, 1.54) is 121 Å². The average Bonchev–Trinajstić information content (AvgIpc) is 3.64. The Morgan fingerprint density at radius 3 is 1.79 bits per heavy atom. The maximum Gasteiger partial charge on any atom is 0.252 e. The molecular formula is C66H78BN3. The normalized spacial score (nSPS) is 25.2. The second-order valence-electron chi connectivity index (χ2n) is 27.7. The molecule has 3 nitrogen and oxygen atoms in total. The van der Waals surface area contributed by atoms with Crippen LogP contribution >= 0.6 is 0 Å². The summed E-state index contributed by atoms with van der Waals surface area (Å²) in [5.74, 6) is 0. The summed E-state index contributed by atoms with van der Waals surface area (Å²) >= 11 is 0. The van der Waals surface area contributed by atoms with Crippen LogP contribution in [0.2, 0.25) is 0 Å². The minimum Gasteiger partial charge on any atom is -0.335 e. The molecule has 0 aromatic heterocycles. The fourth-order valence-corrected chi connectivity index (χ4v) is 14.9. The lowest BCUT2D eigenvalue weighted by atomic mass is 9.33. The third kappa shape index (κ3) is 5.95. The highest BCUT2D eigenvalue weighted by atomic mass is 15.3. The summed E-state index contributed by atoms with van der Waals surface area (Å²) < 4.78 is 0. The molecule has 4 aliphatic heterocycles. The Kier molecular flexibility index (Phi) is 9.35. The van der Waals surface area contributed by atoms with Crippen molar-refractivity contribution in [1.29, 1.82) is 0 Å². The molecule has 4 unspecified atom stereocenters. The second kappa shape index (κ2) is 14.3. The summed E-state index contributed by atoms with van der Waals surface area (Å²) in [6.07, 6.45) is 7.06. The van der Waals surface area contributed by atoms with Gasteiger partial charge in [0.2, 0.25) is 0 Å². The Balaban J connectivity index is 1.25. The summed E-state index contributed by atoms with van der Waals surface area (Å²) in [5, 5.41) is 0. The zero-order valence-corrected chi connectivity index (χ0v) is 45.6. The Morgan fingerprint density at radius 1 is 0.443 bits per heavy atom. The average molecular weight is 924 g/mol. The molecule has 1 fully saturated rings. The lowest BCUT2D eigenvalue weighted by molar-refractivity contribution is 0.195. The van der Waals surface area contributed by atoms with E-state index in [0.29, 0.717) is 0 Å². The van der Waals surface area contributed by atoms with Gasteiger partial charge in [0.05, 0.1) is 11.1 Å². The number of hydrogen-bond donors (Lipinski definition) is 0. The number of fused-ring (bicyclic) bond motifs is 12. The predicted molar refractivity (Wildman–Crippen MR) is 301 cm³/mol. The van der Waals surface area contributed by atoms with Crippen molar-refractivity contribution < 1.29 is 0 Å². The van der Waals surface area contributed by atoms with Crippen LogP contribution in [0.15, 0.2) is 109 Å². The minimum atomic E-state index is -0.350. The van der Waals surface area contributed by atoms with E-state index in [1.54, 1.807) is 5.56 Å². The van der Waals surface area contributed by atoms with Gasteiger partial charge in [0.25, 0.3) is 6.71 Å². The van der Waals surface area contributed by atoms with Crippen molar-refractivity contribution in [1.82, 2.24) is 0 Å². The van der Waals surface area contributed by atoms with Crippen LogP contribution in [0.25, 0.3) is 0 Å². The largest absolute Gasteiger partial charge is 0.335 e. The summed E-state index contributed by atoms with van der Waals surface area (Å²) in [6.45, 7) is 39.2. The summed E-state index contributed by atoms with van der Waals surface area (Å²) in [4.78, 5) is 8.52. The molecule has 70 heavy (non-hydrogen) atoms. The van der Waals surface area contributed by atoms with E-state index in [-0.39, 0.29) is 50.3 Å². The van der Waals surface area contributed by atoms with Crippen LogP contribution in [0.1, 0.15) is 187 Å². The van der Waals surface area contributed by atoms with Crippen LogP contribution in [-0.2, 0) is 44.4 Å². The highest BCUT2D eigenvalue weighted by Gasteiger charge is 2.63. The lowest BCUT2D eigenvalue weighted by Crippen LogP contribution is -2.64. The van der Waals surface area contributed by atoms with Gasteiger partial charge in [-0.15, -0.1) is 0 Å². The smallest absolute Gasteiger partial charge is 0.252 e. The van der Waals surface area contributed by atoms with E-state index in [4.69, 9.17) is 0 Å². The van der Waals surface area contributed by atoms with Crippen molar-refractivity contribution in [3.8, 4) is 0 Å². The molecule has 12 rings (SSSR count). The lowest BCUT2D eigenvalue weighted by Gasteiger charge is -2.54. The monoisotopic (exact) mass is 924 g/mol. The van der Waals surface area contributed by atoms with Gasteiger partial charge in [-0.3, -0.25) is 0 Å². The maximum atomic E-state index is 2.95. The molecule has 360 valence electrons. The minimum absolute atomic E-state index is 0.00521. The number of benzene rings is 6. The molecule has 6 aromatic rings. The first-order valence-electron chi connectivity index (χ1n) is 27.0. The summed E-state index contributed by atoms with van der Waals surface area (Å²) in [7, 11) is 0. The van der Waals surface area contributed by atoms with Gasteiger partial charge >= 0.3 is 0 Å². The van der Waals surface area contributed by atoms with Crippen LogP contribution in [0, 0.1) is 0 Å². The van der Waals surface area contributed by atoms with Crippen molar-refractivity contribution in [3.05, 3.63) is 154 Å². The van der Waals surface area contributed by atoms with E-state index in [9.17, 15) is 0 Å². The first-order chi connectivity index (χ1) is 32.7. The highest BCUT2D eigenvalue weighted by Crippen LogP contribution is 2.66. The van der Waals surface area contributed by atoms with Gasteiger partial charge in [0, 0.05) is 50.6 Å². The van der Waals surface area contributed by atoms with Crippen molar-refractivity contribution in [2.24, 2.45) is 0 Å². The van der Waals surface area contributed by atoms with Crippen LogP contribution < -0.4 is 31.1 Å². The van der Waals surface area contributed by atoms with Gasteiger partial charge in [0.15, 0.2) is 0 Å². The van der Waals surface area contributed by atoms with Crippen molar-refractivity contribution >= 4 is 62.9 Å². The number of anilines is 7. The van der Waals surface area contributed by atoms with E-state index in [1.807, 2.05) is 0 Å². The Morgan fingerprint density at radius 2 is 1.07 bits per heavy atom. The van der Waals surface area contributed by atoms with Gasteiger partial charge in [-0.25, -0.2) is 0 Å². The zero-order valence-electron chi connectivity index (χ0n) is 45.6.